The minimum absolute atomic E-state index is 0.0928. The van der Waals surface area contributed by atoms with E-state index in [2.05, 4.69) is 10.3 Å². The van der Waals surface area contributed by atoms with Crippen LogP contribution in [-0.2, 0) is 12.7 Å². The Morgan fingerprint density at radius 3 is 2.71 bits per heavy atom. The van der Waals surface area contributed by atoms with Crippen molar-refractivity contribution in [1.82, 2.24) is 10.3 Å². The third-order valence-corrected chi connectivity index (χ3v) is 3.60. The van der Waals surface area contributed by atoms with Gasteiger partial charge in [0.15, 0.2) is 0 Å². The van der Waals surface area contributed by atoms with Gasteiger partial charge in [0.1, 0.15) is 5.01 Å². The summed E-state index contributed by atoms with van der Waals surface area (Å²) in [6.45, 7) is 2.04. The minimum Gasteiger partial charge on any atom is -0.398 e. The number of hydrogen-bond donors (Lipinski definition) is 2. The Morgan fingerprint density at radius 2 is 2.14 bits per heavy atom. The van der Waals surface area contributed by atoms with Crippen LogP contribution in [0.5, 0.6) is 0 Å². The van der Waals surface area contributed by atoms with E-state index in [0.717, 1.165) is 17.0 Å². The Balaban J connectivity index is 2.12. The highest BCUT2D eigenvalue weighted by Crippen LogP contribution is 2.33. The van der Waals surface area contributed by atoms with Gasteiger partial charge in [-0.2, -0.15) is 13.2 Å². The Kier molecular flexibility index (Phi) is 4.17. The van der Waals surface area contributed by atoms with Crippen molar-refractivity contribution in [3.8, 4) is 0 Å². The highest BCUT2D eigenvalue weighted by molar-refractivity contribution is 7.11. The summed E-state index contributed by atoms with van der Waals surface area (Å²) in [6.07, 6.45) is -2.93. The largest absolute Gasteiger partial charge is 0.418 e. The van der Waals surface area contributed by atoms with Crippen LogP contribution in [0.2, 0.25) is 0 Å². The van der Waals surface area contributed by atoms with E-state index in [1.807, 2.05) is 6.92 Å². The number of nitrogens with one attached hydrogen (secondary N) is 1. The van der Waals surface area contributed by atoms with Crippen LogP contribution < -0.4 is 11.1 Å². The van der Waals surface area contributed by atoms with Crippen molar-refractivity contribution >= 4 is 22.9 Å². The SMILES string of the molecule is Cc1cnc(CNC(=O)c2ccc(N)c(C(F)(F)F)c2)s1. The summed E-state index contributed by atoms with van der Waals surface area (Å²) in [4.78, 5) is 16.9. The second-order valence-corrected chi connectivity index (χ2v) is 5.67. The maximum atomic E-state index is 12.7. The summed E-state index contributed by atoms with van der Waals surface area (Å²) in [5.41, 5.74) is 3.77. The van der Waals surface area contributed by atoms with Crippen LogP contribution >= 0.6 is 11.3 Å². The fraction of sp³-hybridized carbons (Fsp3) is 0.231. The van der Waals surface area contributed by atoms with E-state index in [1.54, 1.807) is 6.20 Å². The second kappa shape index (κ2) is 5.72. The minimum atomic E-state index is -4.59. The average Bonchev–Trinajstić information content (AvgIpc) is 2.81. The molecule has 8 heteroatoms. The number of hydrogen-bond acceptors (Lipinski definition) is 4. The molecule has 112 valence electrons. The first kappa shape index (κ1) is 15.3. The van der Waals surface area contributed by atoms with Crippen LogP contribution in [0.25, 0.3) is 0 Å². The summed E-state index contributed by atoms with van der Waals surface area (Å²) in [5.74, 6) is -0.603. The Labute approximate surface area is 122 Å². The Morgan fingerprint density at radius 1 is 1.43 bits per heavy atom. The van der Waals surface area contributed by atoms with Gasteiger partial charge in [-0.25, -0.2) is 4.98 Å². The lowest BCUT2D eigenvalue weighted by Gasteiger charge is -2.11. The van der Waals surface area contributed by atoms with Crippen molar-refractivity contribution in [2.75, 3.05) is 5.73 Å². The lowest BCUT2D eigenvalue weighted by atomic mass is 10.1. The first-order valence-corrected chi connectivity index (χ1v) is 6.75. The molecule has 1 aromatic carbocycles. The molecule has 0 spiro atoms. The van der Waals surface area contributed by atoms with Crippen LogP contribution in [0.15, 0.2) is 24.4 Å². The van der Waals surface area contributed by atoms with Crippen molar-refractivity contribution in [3.05, 3.63) is 45.4 Å². The van der Waals surface area contributed by atoms with Gasteiger partial charge in [-0.05, 0) is 25.1 Å². The first-order valence-electron chi connectivity index (χ1n) is 5.93. The molecule has 21 heavy (non-hydrogen) atoms. The number of aromatic nitrogens is 1. The van der Waals surface area contributed by atoms with Gasteiger partial charge in [-0.1, -0.05) is 0 Å². The molecule has 0 atom stereocenters. The monoisotopic (exact) mass is 315 g/mol. The van der Waals surface area contributed by atoms with E-state index in [0.29, 0.717) is 5.01 Å². The van der Waals surface area contributed by atoms with Crippen LogP contribution in [0, 0.1) is 6.92 Å². The molecular weight excluding hydrogens is 303 g/mol. The van der Waals surface area contributed by atoms with E-state index in [-0.39, 0.29) is 12.1 Å². The van der Waals surface area contributed by atoms with Crippen molar-refractivity contribution in [2.45, 2.75) is 19.6 Å². The van der Waals surface area contributed by atoms with Gasteiger partial charge < -0.3 is 11.1 Å². The quantitative estimate of drug-likeness (QED) is 0.856. The first-order chi connectivity index (χ1) is 9.77. The normalized spacial score (nSPS) is 11.4. The molecular formula is C13H12F3N3OS. The van der Waals surface area contributed by atoms with Gasteiger partial charge in [-0.3, -0.25) is 4.79 Å². The number of nitrogen functional groups attached to an aromatic ring is 1. The van der Waals surface area contributed by atoms with Crippen molar-refractivity contribution in [1.29, 1.82) is 0 Å². The van der Waals surface area contributed by atoms with E-state index >= 15 is 0 Å². The molecule has 3 N–H and O–H groups in total. The van der Waals surface area contributed by atoms with Crippen LogP contribution in [0.3, 0.4) is 0 Å². The van der Waals surface area contributed by atoms with Gasteiger partial charge in [0.25, 0.3) is 5.91 Å². The van der Waals surface area contributed by atoms with Crippen LogP contribution in [0.4, 0.5) is 18.9 Å². The summed E-state index contributed by atoms with van der Waals surface area (Å²) < 4.78 is 38.2. The molecule has 0 aliphatic heterocycles. The van der Waals surface area contributed by atoms with Gasteiger partial charge in [-0.15, -0.1) is 11.3 Å². The van der Waals surface area contributed by atoms with E-state index in [4.69, 9.17) is 5.73 Å². The number of amides is 1. The molecule has 4 nitrogen and oxygen atoms in total. The average molecular weight is 315 g/mol. The number of alkyl halides is 3. The third-order valence-electron chi connectivity index (χ3n) is 2.69. The van der Waals surface area contributed by atoms with Gasteiger partial charge in [0.2, 0.25) is 0 Å². The summed E-state index contributed by atoms with van der Waals surface area (Å²) in [5, 5.41) is 3.21. The molecule has 0 radical (unpaired) electrons. The predicted molar refractivity (Wildman–Crippen MR) is 73.9 cm³/mol. The van der Waals surface area contributed by atoms with Crippen molar-refractivity contribution < 1.29 is 18.0 Å². The molecule has 2 rings (SSSR count). The smallest absolute Gasteiger partial charge is 0.398 e. The van der Waals surface area contributed by atoms with E-state index in [1.165, 1.54) is 17.4 Å². The van der Waals surface area contributed by atoms with Gasteiger partial charge in [0, 0.05) is 22.3 Å². The molecule has 1 amide bonds. The maximum Gasteiger partial charge on any atom is 0.418 e. The van der Waals surface area contributed by atoms with Crippen molar-refractivity contribution in [2.24, 2.45) is 0 Å². The van der Waals surface area contributed by atoms with Crippen molar-refractivity contribution in [3.63, 3.8) is 0 Å². The third kappa shape index (κ3) is 3.72. The number of halogens is 3. The molecule has 2 aromatic rings. The fourth-order valence-electron chi connectivity index (χ4n) is 1.68. The standard InChI is InChI=1S/C13H12F3N3OS/c1-7-5-18-11(21-7)6-19-12(20)8-2-3-10(17)9(4-8)13(14,15)16/h2-5H,6,17H2,1H3,(H,19,20). The molecule has 0 aliphatic rings. The molecule has 0 saturated heterocycles. The molecule has 0 unspecified atom stereocenters. The lowest BCUT2D eigenvalue weighted by molar-refractivity contribution is -0.136. The number of benzene rings is 1. The highest BCUT2D eigenvalue weighted by atomic mass is 32.1. The molecule has 1 heterocycles. The Bertz CT molecular complexity index is 667. The summed E-state index contributed by atoms with van der Waals surface area (Å²) in [6, 6.07) is 3.08. The number of carbonyl (C=O) groups is 1. The molecule has 0 fully saturated rings. The topological polar surface area (TPSA) is 68.0 Å². The van der Waals surface area contributed by atoms with E-state index in [9.17, 15) is 18.0 Å². The maximum absolute atomic E-state index is 12.7. The zero-order valence-electron chi connectivity index (χ0n) is 11.0. The summed E-state index contributed by atoms with van der Waals surface area (Å²) >= 11 is 1.41. The van der Waals surface area contributed by atoms with Crippen LogP contribution in [0.1, 0.15) is 25.8 Å². The zero-order valence-corrected chi connectivity index (χ0v) is 11.8. The number of carbonyl (C=O) groups excluding carboxylic acids is 1. The van der Waals surface area contributed by atoms with Crippen LogP contribution in [-0.4, -0.2) is 10.9 Å². The number of nitrogens with two attached hydrogens (primary N) is 1. The number of nitrogens with zero attached hydrogens (tertiary/aromatic N) is 1. The lowest BCUT2D eigenvalue weighted by Crippen LogP contribution is -2.23. The Hall–Kier alpha value is -2.09. The van der Waals surface area contributed by atoms with Gasteiger partial charge in [0.05, 0.1) is 12.1 Å². The number of rotatable bonds is 3. The fourth-order valence-corrected chi connectivity index (χ4v) is 2.41. The second-order valence-electron chi connectivity index (χ2n) is 4.35. The molecule has 1 aromatic heterocycles. The zero-order chi connectivity index (χ0) is 15.6. The molecule has 0 saturated carbocycles. The van der Waals surface area contributed by atoms with Gasteiger partial charge >= 0.3 is 6.18 Å². The predicted octanol–water partition coefficient (Wildman–Crippen LogP) is 2.98. The van der Waals surface area contributed by atoms with E-state index < -0.39 is 23.3 Å². The summed E-state index contributed by atoms with van der Waals surface area (Å²) in [7, 11) is 0. The number of anilines is 1. The molecule has 0 bridgehead atoms. The number of thiazole rings is 1. The molecule has 0 aliphatic carbocycles. The highest BCUT2D eigenvalue weighted by Gasteiger charge is 2.33. The number of aryl methyl sites for hydroxylation is 1.